The molecular weight excluding hydrogens is 324 g/mol. The van der Waals surface area contributed by atoms with E-state index in [-0.39, 0.29) is 23.4 Å². The van der Waals surface area contributed by atoms with E-state index in [0.717, 1.165) is 24.2 Å². The number of hydrogen-bond donors (Lipinski definition) is 1. The van der Waals surface area contributed by atoms with Crippen molar-refractivity contribution in [1.29, 1.82) is 0 Å². The fraction of sp³-hybridized carbons (Fsp3) is 0.957. The van der Waals surface area contributed by atoms with Crippen LogP contribution in [0.5, 0.6) is 0 Å². The largest absolute Gasteiger partial charge is 0.462 e. The molecule has 3 nitrogen and oxygen atoms in total. The number of carbonyl (C=O) groups is 1. The molecule has 4 aliphatic carbocycles. The normalized spacial score (nSPS) is 51.7. The summed E-state index contributed by atoms with van der Waals surface area (Å²) in [5, 5.41) is 10.6. The third-order valence-electron chi connectivity index (χ3n) is 9.51. The van der Waals surface area contributed by atoms with E-state index in [4.69, 9.17) is 4.74 Å². The summed E-state index contributed by atoms with van der Waals surface area (Å²) < 4.78 is 5.75. The Kier molecular flexibility index (Phi) is 4.69. The van der Waals surface area contributed by atoms with Crippen LogP contribution in [0.1, 0.15) is 85.5 Å². The quantitative estimate of drug-likeness (QED) is 0.706. The first kappa shape index (κ1) is 18.8. The van der Waals surface area contributed by atoms with Gasteiger partial charge in [-0.05, 0) is 86.4 Å². The Morgan fingerprint density at radius 1 is 1.04 bits per heavy atom. The molecule has 0 heterocycles. The molecule has 9 atom stereocenters. The Labute approximate surface area is 159 Å². The molecule has 4 aliphatic rings. The highest BCUT2D eigenvalue weighted by atomic mass is 16.5. The second kappa shape index (κ2) is 6.50. The highest BCUT2D eigenvalue weighted by Crippen LogP contribution is 2.68. The number of fused-ring (bicyclic) bond motifs is 5. The van der Waals surface area contributed by atoms with E-state index in [0.29, 0.717) is 11.3 Å². The van der Waals surface area contributed by atoms with E-state index < -0.39 is 6.10 Å². The standard InChI is InChI=1S/C23H38O3/c1-14(24)21-20(26-15(2)25)13-19-17-9-8-16-7-5-6-11-22(16,3)18(17)10-12-23(19,21)4/h14,16-21,24H,5-13H2,1-4H3/t14-,16-,17+,18+,19+,20+,21-,22-,23-/m0/s1. The van der Waals surface area contributed by atoms with Crippen molar-refractivity contribution in [2.45, 2.75) is 97.7 Å². The van der Waals surface area contributed by atoms with Gasteiger partial charge in [-0.3, -0.25) is 4.79 Å². The van der Waals surface area contributed by atoms with Crippen molar-refractivity contribution in [3.05, 3.63) is 0 Å². The molecule has 0 aromatic rings. The zero-order chi connectivity index (χ0) is 18.7. The summed E-state index contributed by atoms with van der Waals surface area (Å²) >= 11 is 0. The highest BCUT2D eigenvalue weighted by molar-refractivity contribution is 5.66. The fourth-order valence-corrected chi connectivity index (χ4v) is 8.52. The topological polar surface area (TPSA) is 46.5 Å². The molecule has 0 aliphatic heterocycles. The van der Waals surface area contributed by atoms with Crippen LogP contribution in [0.2, 0.25) is 0 Å². The van der Waals surface area contributed by atoms with Crippen LogP contribution in [0.15, 0.2) is 0 Å². The lowest BCUT2D eigenvalue weighted by molar-refractivity contribution is -0.152. The molecular formula is C23H38O3. The van der Waals surface area contributed by atoms with Gasteiger partial charge in [0.15, 0.2) is 0 Å². The van der Waals surface area contributed by atoms with Gasteiger partial charge in [0.2, 0.25) is 0 Å². The van der Waals surface area contributed by atoms with Crippen molar-refractivity contribution < 1.29 is 14.6 Å². The number of rotatable bonds is 2. The molecule has 0 spiro atoms. The minimum atomic E-state index is -0.410. The maximum Gasteiger partial charge on any atom is 0.302 e. The number of aliphatic hydroxyl groups is 1. The van der Waals surface area contributed by atoms with Crippen LogP contribution < -0.4 is 0 Å². The maximum atomic E-state index is 11.7. The SMILES string of the molecule is CC(=O)O[C@@H]1C[C@@H]2[C@@H]3CC[C@@H]4CCCC[C@]4(C)[C@@H]3CC[C@]2(C)[C@H]1[C@H](C)O. The van der Waals surface area contributed by atoms with Crippen LogP contribution >= 0.6 is 0 Å². The average Bonchev–Trinajstić information content (AvgIpc) is 2.85. The molecule has 0 aromatic heterocycles. The van der Waals surface area contributed by atoms with Crippen molar-refractivity contribution in [3.8, 4) is 0 Å². The molecule has 3 heteroatoms. The molecule has 1 N–H and O–H groups in total. The smallest absolute Gasteiger partial charge is 0.302 e. The Morgan fingerprint density at radius 2 is 1.81 bits per heavy atom. The van der Waals surface area contributed by atoms with Crippen LogP contribution in [0.25, 0.3) is 0 Å². The van der Waals surface area contributed by atoms with Gasteiger partial charge in [-0.2, -0.15) is 0 Å². The number of ether oxygens (including phenoxy) is 1. The first-order chi connectivity index (χ1) is 12.3. The molecule has 0 amide bonds. The van der Waals surface area contributed by atoms with E-state index in [1.807, 2.05) is 6.92 Å². The predicted octanol–water partition coefficient (Wildman–Crippen LogP) is 4.96. The van der Waals surface area contributed by atoms with Crippen LogP contribution in [0.3, 0.4) is 0 Å². The second-order valence-corrected chi connectivity index (χ2v) is 10.6. The zero-order valence-corrected chi connectivity index (χ0v) is 17.2. The van der Waals surface area contributed by atoms with Gasteiger partial charge in [-0.1, -0.05) is 26.7 Å². The lowest BCUT2D eigenvalue weighted by Crippen LogP contribution is -2.53. The van der Waals surface area contributed by atoms with Gasteiger partial charge in [0.25, 0.3) is 0 Å². The molecule has 0 unspecified atom stereocenters. The van der Waals surface area contributed by atoms with Crippen LogP contribution in [0, 0.1) is 40.4 Å². The Bertz CT molecular complexity index is 558. The molecule has 4 fully saturated rings. The lowest BCUT2D eigenvalue weighted by Gasteiger charge is -2.60. The van der Waals surface area contributed by atoms with Crippen LogP contribution in [0.4, 0.5) is 0 Å². The summed E-state index contributed by atoms with van der Waals surface area (Å²) in [6, 6.07) is 0. The molecule has 148 valence electrons. The summed E-state index contributed by atoms with van der Waals surface area (Å²) in [5.41, 5.74) is 0.648. The molecule has 4 saturated carbocycles. The molecule has 0 aromatic carbocycles. The molecule has 0 radical (unpaired) electrons. The van der Waals surface area contributed by atoms with Gasteiger partial charge in [-0.15, -0.1) is 0 Å². The van der Waals surface area contributed by atoms with Crippen LogP contribution in [-0.4, -0.2) is 23.3 Å². The number of esters is 1. The summed E-state index contributed by atoms with van der Waals surface area (Å²) in [7, 11) is 0. The van der Waals surface area contributed by atoms with E-state index in [2.05, 4.69) is 13.8 Å². The molecule has 26 heavy (non-hydrogen) atoms. The first-order valence-electron chi connectivity index (χ1n) is 11.1. The number of aliphatic hydroxyl groups excluding tert-OH is 1. The molecule has 0 bridgehead atoms. The van der Waals surface area contributed by atoms with Crippen LogP contribution in [-0.2, 0) is 9.53 Å². The van der Waals surface area contributed by atoms with Gasteiger partial charge >= 0.3 is 5.97 Å². The summed E-state index contributed by atoms with van der Waals surface area (Å²) in [5.74, 6) is 3.03. The third kappa shape index (κ3) is 2.67. The van der Waals surface area contributed by atoms with Crippen molar-refractivity contribution in [2.24, 2.45) is 40.4 Å². The van der Waals surface area contributed by atoms with Crippen molar-refractivity contribution in [1.82, 2.24) is 0 Å². The highest BCUT2D eigenvalue weighted by Gasteiger charge is 2.63. The number of hydrogen-bond acceptors (Lipinski definition) is 3. The average molecular weight is 363 g/mol. The molecule has 4 rings (SSSR count). The van der Waals surface area contributed by atoms with Crippen molar-refractivity contribution >= 4 is 5.97 Å². The first-order valence-corrected chi connectivity index (χ1v) is 11.1. The van der Waals surface area contributed by atoms with Gasteiger partial charge in [-0.25, -0.2) is 0 Å². The van der Waals surface area contributed by atoms with Gasteiger partial charge in [0.1, 0.15) is 6.10 Å². The fourth-order valence-electron chi connectivity index (χ4n) is 8.52. The Hall–Kier alpha value is -0.570. The monoisotopic (exact) mass is 362 g/mol. The Morgan fingerprint density at radius 3 is 2.50 bits per heavy atom. The third-order valence-corrected chi connectivity index (χ3v) is 9.51. The summed E-state index contributed by atoms with van der Waals surface area (Å²) in [6.45, 7) is 8.41. The molecule has 0 saturated heterocycles. The Balaban J connectivity index is 1.64. The minimum absolute atomic E-state index is 0.0919. The van der Waals surface area contributed by atoms with E-state index in [1.165, 1.54) is 58.3 Å². The zero-order valence-electron chi connectivity index (χ0n) is 17.2. The summed E-state index contributed by atoms with van der Waals surface area (Å²) in [6.07, 6.45) is 11.4. The van der Waals surface area contributed by atoms with Gasteiger partial charge in [0.05, 0.1) is 6.10 Å². The minimum Gasteiger partial charge on any atom is -0.462 e. The van der Waals surface area contributed by atoms with Crippen molar-refractivity contribution in [2.75, 3.05) is 0 Å². The van der Waals surface area contributed by atoms with E-state index >= 15 is 0 Å². The van der Waals surface area contributed by atoms with Gasteiger partial charge in [0, 0.05) is 12.8 Å². The number of carbonyl (C=O) groups excluding carboxylic acids is 1. The van der Waals surface area contributed by atoms with Crippen molar-refractivity contribution in [3.63, 3.8) is 0 Å². The lowest BCUT2D eigenvalue weighted by atomic mass is 9.45. The van der Waals surface area contributed by atoms with E-state index in [1.54, 1.807) is 0 Å². The van der Waals surface area contributed by atoms with Gasteiger partial charge < -0.3 is 9.84 Å². The van der Waals surface area contributed by atoms with E-state index in [9.17, 15) is 9.90 Å². The second-order valence-electron chi connectivity index (χ2n) is 10.6. The maximum absolute atomic E-state index is 11.7. The predicted molar refractivity (Wildman–Crippen MR) is 102 cm³/mol. The summed E-state index contributed by atoms with van der Waals surface area (Å²) in [4.78, 5) is 11.7.